The van der Waals surface area contributed by atoms with E-state index >= 15 is 0 Å². The molecule has 2 nitrogen and oxygen atoms in total. The van der Waals surface area contributed by atoms with Crippen molar-refractivity contribution < 1.29 is 4.42 Å². The van der Waals surface area contributed by atoms with Gasteiger partial charge in [-0.15, -0.1) is 6.58 Å². The molecule has 1 rings (SSSR count). The summed E-state index contributed by atoms with van der Waals surface area (Å²) in [7, 11) is 0. The Balaban J connectivity index is 2.84. The van der Waals surface area contributed by atoms with Gasteiger partial charge in [-0.2, -0.15) is 0 Å². The second kappa shape index (κ2) is 6.65. The molecule has 0 saturated carbocycles. The van der Waals surface area contributed by atoms with Crippen LogP contribution in [-0.2, 0) is 0 Å². The van der Waals surface area contributed by atoms with Crippen molar-refractivity contribution in [1.82, 2.24) is 5.32 Å². The van der Waals surface area contributed by atoms with E-state index in [0.717, 1.165) is 30.9 Å². The van der Waals surface area contributed by atoms with E-state index in [0.29, 0.717) is 6.04 Å². The van der Waals surface area contributed by atoms with E-state index in [4.69, 9.17) is 4.42 Å². The van der Waals surface area contributed by atoms with Crippen molar-refractivity contribution in [1.29, 1.82) is 0 Å². The number of nitrogens with one attached hydrogen (secondary N) is 1. The quantitative estimate of drug-likeness (QED) is 0.565. The van der Waals surface area contributed by atoms with Crippen molar-refractivity contribution in [2.45, 2.75) is 53.0 Å². The highest BCUT2D eigenvalue weighted by Crippen LogP contribution is 2.30. The van der Waals surface area contributed by atoms with Crippen LogP contribution in [-0.4, -0.2) is 6.54 Å². The second-order valence-electron chi connectivity index (χ2n) is 4.58. The average molecular weight is 235 g/mol. The summed E-state index contributed by atoms with van der Waals surface area (Å²) < 4.78 is 5.72. The minimum Gasteiger partial charge on any atom is -0.466 e. The Morgan fingerprint density at radius 1 is 1.29 bits per heavy atom. The van der Waals surface area contributed by atoms with Gasteiger partial charge in [-0.25, -0.2) is 0 Å². The Hall–Kier alpha value is -1.02. The van der Waals surface area contributed by atoms with Crippen molar-refractivity contribution in [3.05, 3.63) is 35.3 Å². The van der Waals surface area contributed by atoms with E-state index in [1.54, 1.807) is 0 Å². The van der Waals surface area contributed by atoms with Crippen LogP contribution in [0.2, 0.25) is 0 Å². The molecule has 0 bridgehead atoms. The summed E-state index contributed by atoms with van der Waals surface area (Å²) in [6.07, 6.45) is 5.38. The van der Waals surface area contributed by atoms with E-state index in [9.17, 15) is 0 Å². The van der Waals surface area contributed by atoms with E-state index in [2.05, 4.69) is 32.7 Å². The number of hydrogen-bond donors (Lipinski definition) is 1. The third kappa shape index (κ3) is 3.47. The molecule has 1 aromatic heterocycles. The van der Waals surface area contributed by atoms with E-state index in [1.807, 2.05) is 13.0 Å². The van der Waals surface area contributed by atoms with Gasteiger partial charge >= 0.3 is 0 Å². The van der Waals surface area contributed by atoms with Gasteiger partial charge in [0, 0.05) is 11.6 Å². The molecule has 1 aromatic rings. The maximum atomic E-state index is 5.72. The number of rotatable bonds is 7. The van der Waals surface area contributed by atoms with Gasteiger partial charge in [0.25, 0.3) is 0 Å². The molecule has 0 aliphatic rings. The lowest BCUT2D eigenvalue weighted by Crippen LogP contribution is -2.21. The molecule has 0 aliphatic heterocycles. The van der Waals surface area contributed by atoms with Gasteiger partial charge in [0.2, 0.25) is 0 Å². The van der Waals surface area contributed by atoms with Crippen molar-refractivity contribution >= 4 is 0 Å². The first-order valence-corrected chi connectivity index (χ1v) is 6.52. The summed E-state index contributed by atoms with van der Waals surface area (Å²) in [4.78, 5) is 0. The van der Waals surface area contributed by atoms with Gasteiger partial charge in [0.15, 0.2) is 0 Å². The van der Waals surface area contributed by atoms with Crippen molar-refractivity contribution in [2.75, 3.05) is 6.54 Å². The van der Waals surface area contributed by atoms with Crippen LogP contribution in [0.1, 0.15) is 54.9 Å². The topological polar surface area (TPSA) is 25.2 Å². The molecule has 0 radical (unpaired) electrons. The van der Waals surface area contributed by atoms with E-state index in [-0.39, 0.29) is 0 Å². The third-order valence-electron chi connectivity index (χ3n) is 3.32. The monoisotopic (exact) mass is 235 g/mol. The predicted molar refractivity (Wildman–Crippen MR) is 73.4 cm³/mol. The Kier molecular flexibility index (Phi) is 5.49. The standard InChI is InChI=1S/C15H25NO/c1-6-8-9-10-14(16-7-2)15-11(3)12(4)17-13(15)5/h6,14,16H,1,7-10H2,2-5H3. The van der Waals surface area contributed by atoms with Crippen LogP contribution in [0.3, 0.4) is 0 Å². The summed E-state index contributed by atoms with van der Waals surface area (Å²) in [6.45, 7) is 13.2. The van der Waals surface area contributed by atoms with Crippen LogP contribution < -0.4 is 5.32 Å². The first-order valence-electron chi connectivity index (χ1n) is 6.52. The SMILES string of the molecule is C=CCCCC(NCC)c1c(C)oc(C)c1C. The number of aryl methyl sites for hydroxylation is 2. The molecule has 0 saturated heterocycles. The van der Waals surface area contributed by atoms with Crippen LogP contribution in [0, 0.1) is 20.8 Å². The van der Waals surface area contributed by atoms with Crippen LogP contribution in [0.15, 0.2) is 17.1 Å². The molecule has 0 amide bonds. The van der Waals surface area contributed by atoms with Crippen LogP contribution in [0.4, 0.5) is 0 Å². The van der Waals surface area contributed by atoms with Gasteiger partial charge < -0.3 is 9.73 Å². The first kappa shape index (κ1) is 14.0. The van der Waals surface area contributed by atoms with Gasteiger partial charge in [0.1, 0.15) is 11.5 Å². The fourth-order valence-electron chi connectivity index (χ4n) is 2.38. The highest BCUT2D eigenvalue weighted by molar-refractivity contribution is 5.34. The average Bonchev–Trinajstić information content (AvgIpc) is 2.53. The lowest BCUT2D eigenvalue weighted by molar-refractivity contribution is 0.468. The normalized spacial score (nSPS) is 12.7. The summed E-state index contributed by atoms with van der Waals surface area (Å²) in [5, 5.41) is 3.56. The van der Waals surface area contributed by atoms with E-state index < -0.39 is 0 Å². The molecule has 1 atom stereocenters. The smallest absolute Gasteiger partial charge is 0.106 e. The maximum Gasteiger partial charge on any atom is 0.106 e. The van der Waals surface area contributed by atoms with Crippen LogP contribution >= 0.6 is 0 Å². The zero-order valence-electron chi connectivity index (χ0n) is 11.6. The lowest BCUT2D eigenvalue weighted by Gasteiger charge is -2.18. The number of hydrogen-bond acceptors (Lipinski definition) is 2. The van der Waals surface area contributed by atoms with Crippen molar-refractivity contribution in [3.63, 3.8) is 0 Å². The fourth-order valence-corrected chi connectivity index (χ4v) is 2.38. The molecule has 1 heterocycles. The highest BCUT2D eigenvalue weighted by Gasteiger charge is 2.19. The number of allylic oxidation sites excluding steroid dienone is 1. The van der Waals surface area contributed by atoms with Crippen molar-refractivity contribution in [2.24, 2.45) is 0 Å². The maximum absolute atomic E-state index is 5.72. The summed E-state index contributed by atoms with van der Waals surface area (Å²) in [5.41, 5.74) is 2.65. The highest BCUT2D eigenvalue weighted by atomic mass is 16.3. The molecule has 0 fully saturated rings. The fraction of sp³-hybridized carbons (Fsp3) is 0.600. The van der Waals surface area contributed by atoms with Gasteiger partial charge in [0.05, 0.1) is 0 Å². The Bertz CT molecular complexity index is 365. The molecule has 2 heteroatoms. The Morgan fingerprint density at radius 2 is 2.00 bits per heavy atom. The molecular weight excluding hydrogens is 210 g/mol. The Morgan fingerprint density at radius 3 is 2.47 bits per heavy atom. The van der Waals surface area contributed by atoms with Crippen LogP contribution in [0.25, 0.3) is 0 Å². The van der Waals surface area contributed by atoms with Crippen molar-refractivity contribution in [3.8, 4) is 0 Å². The minimum absolute atomic E-state index is 0.414. The molecule has 0 spiro atoms. The largest absolute Gasteiger partial charge is 0.466 e. The lowest BCUT2D eigenvalue weighted by atomic mass is 9.97. The molecule has 96 valence electrons. The van der Waals surface area contributed by atoms with Gasteiger partial charge in [-0.3, -0.25) is 0 Å². The van der Waals surface area contributed by atoms with Gasteiger partial charge in [-0.05, 0) is 52.1 Å². The molecule has 1 unspecified atom stereocenters. The first-order chi connectivity index (χ1) is 8.11. The summed E-state index contributed by atoms with van der Waals surface area (Å²) in [5.74, 6) is 2.11. The second-order valence-corrected chi connectivity index (χ2v) is 4.58. The molecule has 17 heavy (non-hydrogen) atoms. The molecule has 0 aromatic carbocycles. The van der Waals surface area contributed by atoms with E-state index in [1.165, 1.54) is 17.5 Å². The molecular formula is C15H25NO. The third-order valence-corrected chi connectivity index (χ3v) is 3.32. The summed E-state index contributed by atoms with van der Waals surface area (Å²) in [6, 6.07) is 0.414. The number of unbranched alkanes of at least 4 members (excludes halogenated alkanes) is 1. The predicted octanol–water partition coefficient (Wildman–Crippen LogP) is 4.21. The minimum atomic E-state index is 0.414. The summed E-state index contributed by atoms with van der Waals surface area (Å²) >= 11 is 0. The van der Waals surface area contributed by atoms with Crippen LogP contribution in [0.5, 0.6) is 0 Å². The van der Waals surface area contributed by atoms with Gasteiger partial charge in [-0.1, -0.05) is 13.0 Å². The Labute approximate surface area is 105 Å². The zero-order valence-corrected chi connectivity index (χ0v) is 11.6. The molecule has 1 N–H and O–H groups in total. The number of furan rings is 1. The molecule has 0 aliphatic carbocycles. The zero-order chi connectivity index (χ0) is 12.8.